The first-order valence-electron chi connectivity index (χ1n) is 4.35. The molecule has 0 atom stereocenters. The van der Waals surface area contributed by atoms with Crippen molar-refractivity contribution in [2.75, 3.05) is 13.2 Å². The zero-order valence-electron chi connectivity index (χ0n) is 6.79. The third-order valence-corrected chi connectivity index (χ3v) is 2.24. The van der Waals surface area contributed by atoms with Crippen LogP contribution in [0, 0.1) is 0 Å². The Balaban J connectivity index is 2.07. The van der Waals surface area contributed by atoms with Gasteiger partial charge in [0.15, 0.2) is 0 Å². The maximum Gasteiger partial charge on any atom is 0.0556 e. The number of rotatable bonds is 3. The number of aliphatic hydroxyl groups is 2. The van der Waals surface area contributed by atoms with E-state index in [1.165, 1.54) is 0 Å². The summed E-state index contributed by atoms with van der Waals surface area (Å²) >= 11 is 0. The second-order valence-electron chi connectivity index (χ2n) is 3.18. The summed E-state index contributed by atoms with van der Waals surface area (Å²) in [6.07, 6.45) is 3.82. The minimum atomic E-state index is -0.0813. The van der Waals surface area contributed by atoms with Crippen molar-refractivity contribution in [3.63, 3.8) is 0 Å². The highest BCUT2D eigenvalue weighted by Gasteiger charge is 2.17. The molecule has 1 saturated carbocycles. The van der Waals surface area contributed by atoms with Gasteiger partial charge in [-0.05, 0) is 25.7 Å². The summed E-state index contributed by atoms with van der Waals surface area (Å²) in [5, 5.41) is 20.9. The van der Waals surface area contributed by atoms with E-state index in [0.29, 0.717) is 12.6 Å². The molecule has 3 N–H and O–H groups in total. The van der Waals surface area contributed by atoms with Gasteiger partial charge in [0, 0.05) is 12.6 Å². The minimum Gasteiger partial charge on any atom is -0.395 e. The van der Waals surface area contributed by atoms with Crippen LogP contribution in [0.25, 0.3) is 0 Å². The molecular formula is C8H17NO2. The van der Waals surface area contributed by atoms with Crippen LogP contribution in [0.4, 0.5) is 0 Å². The van der Waals surface area contributed by atoms with Crippen LogP contribution in [0.3, 0.4) is 0 Å². The lowest BCUT2D eigenvalue weighted by molar-refractivity contribution is 0.115. The molecule has 1 aliphatic rings. The molecular weight excluding hydrogens is 142 g/mol. The topological polar surface area (TPSA) is 52.5 Å². The fourth-order valence-corrected chi connectivity index (χ4v) is 1.55. The maximum absolute atomic E-state index is 9.18. The second kappa shape index (κ2) is 4.70. The van der Waals surface area contributed by atoms with E-state index in [2.05, 4.69) is 5.32 Å². The third kappa shape index (κ3) is 3.18. The molecule has 3 nitrogen and oxygen atoms in total. The largest absolute Gasteiger partial charge is 0.395 e. The van der Waals surface area contributed by atoms with Crippen LogP contribution in [-0.4, -0.2) is 35.5 Å². The average molecular weight is 159 g/mol. The molecule has 66 valence electrons. The van der Waals surface area contributed by atoms with Crippen LogP contribution in [0.5, 0.6) is 0 Å². The predicted molar refractivity (Wildman–Crippen MR) is 43.4 cm³/mol. The van der Waals surface area contributed by atoms with Crippen molar-refractivity contribution in [1.29, 1.82) is 0 Å². The molecule has 11 heavy (non-hydrogen) atoms. The molecule has 0 aromatic carbocycles. The van der Waals surface area contributed by atoms with E-state index in [9.17, 15) is 5.11 Å². The number of hydrogen-bond donors (Lipinski definition) is 3. The Kier molecular flexibility index (Phi) is 3.83. The Labute approximate surface area is 67.4 Å². The quantitative estimate of drug-likeness (QED) is 0.538. The molecule has 0 bridgehead atoms. The number of nitrogens with one attached hydrogen (secondary N) is 1. The minimum absolute atomic E-state index is 0.0813. The first kappa shape index (κ1) is 8.97. The van der Waals surface area contributed by atoms with E-state index in [4.69, 9.17) is 5.11 Å². The van der Waals surface area contributed by atoms with E-state index in [1.807, 2.05) is 0 Å². The lowest BCUT2D eigenvalue weighted by atomic mass is 9.93. The van der Waals surface area contributed by atoms with Crippen LogP contribution in [-0.2, 0) is 0 Å². The van der Waals surface area contributed by atoms with E-state index in [0.717, 1.165) is 25.7 Å². The summed E-state index contributed by atoms with van der Waals surface area (Å²) in [5.41, 5.74) is 0. The van der Waals surface area contributed by atoms with Crippen molar-refractivity contribution in [1.82, 2.24) is 5.32 Å². The van der Waals surface area contributed by atoms with Crippen LogP contribution in [0.1, 0.15) is 25.7 Å². The first-order valence-corrected chi connectivity index (χ1v) is 4.35. The number of hydrogen-bond acceptors (Lipinski definition) is 3. The molecule has 0 amide bonds. The van der Waals surface area contributed by atoms with Gasteiger partial charge in [-0.25, -0.2) is 0 Å². The van der Waals surface area contributed by atoms with Crippen LogP contribution in [0.15, 0.2) is 0 Å². The van der Waals surface area contributed by atoms with Crippen molar-refractivity contribution in [2.45, 2.75) is 37.8 Å². The summed E-state index contributed by atoms with van der Waals surface area (Å²) in [7, 11) is 0. The zero-order chi connectivity index (χ0) is 8.10. The smallest absolute Gasteiger partial charge is 0.0556 e. The highest BCUT2D eigenvalue weighted by atomic mass is 16.3. The highest BCUT2D eigenvalue weighted by Crippen LogP contribution is 2.17. The van der Waals surface area contributed by atoms with Crippen molar-refractivity contribution < 1.29 is 10.2 Å². The van der Waals surface area contributed by atoms with Gasteiger partial charge in [-0.15, -0.1) is 0 Å². The Morgan fingerprint density at radius 1 is 1.18 bits per heavy atom. The van der Waals surface area contributed by atoms with E-state index < -0.39 is 0 Å². The van der Waals surface area contributed by atoms with Gasteiger partial charge in [-0.1, -0.05) is 0 Å². The van der Waals surface area contributed by atoms with Gasteiger partial charge in [0.25, 0.3) is 0 Å². The normalized spacial score (nSPS) is 32.2. The molecule has 0 heterocycles. The van der Waals surface area contributed by atoms with Crippen LogP contribution in [0.2, 0.25) is 0 Å². The molecule has 1 fully saturated rings. The van der Waals surface area contributed by atoms with E-state index in [1.54, 1.807) is 0 Å². The first-order chi connectivity index (χ1) is 5.33. The summed E-state index contributed by atoms with van der Waals surface area (Å²) in [6.45, 7) is 0.889. The molecule has 3 heteroatoms. The van der Waals surface area contributed by atoms with Gasteiger partial charge in [0.1, 0.15) is 0 Å². The lowest BCUT2D eigenvalue weighted by Crippen LogP contribution is -2.36. The van der Waals surface area contributed by atoms with Gasteiger partial charge < -0.3 is 15.5 Å². The average Bonchev–Trinajstić information content (AvgIpc) is 2.04. The van der Waals surface area contributed by atoms with Crippen molar-refractivity contribution in [2.24, 2.45) is 0 Å². The summed E-state index contributed by atoms with van der Waals surface area (Å²) in [5.74, 6) is 0. The van der Waals surface area contributed by atoms with Crippen molar-refractivity contribution in [3.8, 4) is 0 Å². The monoisotopic (exact) mass is 159 g/mol. The fourth-order valence-electron chi connectivity index (χ4n) is 1.55. The fraction of sp³-hybridized carbons (Fsp3) is 1.00. The van der Waals surface area contributed by atoms with E-state index in [-0.39, 0.29) is 12.7 Å². The van der Waals surface area contributed by atoms with Crippen LogP contribution >= 0.6 is 0 Å². The third-order valence-electron chi connectivity index (χ3n) is 2.24. The van der Waals surface area contributed by atoms with Crippen molar-refractivity contribution >= 4 is 0 Å². The summed E-state index contributed by atoms with van der Waals surface area (Å²) in [6, 6.07) is 0.519. The molecule has 0 unspecified atom stereocenters. The summed E-state index contributed by atoms with van der Waals surface area (Å²) in [4.78, 5) is 0. The summed E-state index contributed by atoms with van der Waals surface area (Å²) < 4.78 is 0. The molecule has 0 aliphatic heterocycles. The Morgan fingerprint density at radius 3 is 2.36 bits per heavy atom. The highest BCUT2D eigenvalue weighted by molar-refractivity contribution is 4.75. The molecule has 1 aliphatic carbocycles. The zero-order valence-corrected chi connectivity index (χ0v) is 6.79. The predicted octanol–water partition coefficient (Wildman–Crippen LogP) is -0.128. The molecule has 0 spiro atoms. The second-order valence-corrected chi connectivity index (χ2v) is 3.18. The van der Waals surface area contributed by atoms with Gasteiger partial charge in [-0.2, -0.15) is 0 Å². The molecule has 1 rings (SSSR count). The molecule has 0 aromatic heterocycles. The van der Waals surface area contributed by atoms with Crippen molar-refractivity contribution in [3.05, 3.63) is 0 Å². The Morgan fingerprint density at radius 2 is 1.82 bits per heavy atom. The molecule has 0 aromatic rings. The van der Waals surface area contributed by atoms with Gasteiger partial charge in [0.2, 0.25) is 0 Å². The molecule has 0 radical (unpaired) electrons. The SMILES string of the molecule is OCCN[C@H]1CC[C@H](O)CC1. The Hall–Kier alpha value is -0.120. The van der Waals surface area contributed by atoms with Gasteiger partial charge in [-0.3, -0.25) is 0 Å². The molecule has 0 saturated heterocycles. The van der Waals surface area contributed by atoms with E-state index >= 15 is 0 Å². The maximum atomic E-state index is 9.18. The van der Waals surface area contributed by atoms with Gasteiger partial charge >= 0.3 is 0 Å². The lowest BCUT2D eigenvalue weighted by Gasteiger charge is -2.25. The number of aliphatic hydroxyl groups excluding tert-OH is 2. The standard InChI is InChI=1S/C8H17NO2/c10-6-5-9-7-1-3-8(11)4-2-7/h7-11H,1-6H2/t7-,8-. The Bertz CT molecular complexity index is 97.5. The van der Waals surface area contributed by atoms with Gasteiger partial charge in [0.05, 0.1) is 12.7 Å². The van der Waals surface area contributed by atoms with Crippen LogP contribution < -0.4 is 5.32 Å².